The van der Waals surface area contributed by atoms with Crippen molar-refractivity contribution in [3.05, 3.63) is 59.4 Å². The molecule has 0 saturated heterocycles. The van der Waals surface area contributed by atoms with Gasteiger partial charge >= 0.3 is 6.01 Å². The fourth-order valence-electron chi connectivity index (χ4n) is 2.90. The number of fused-ring (bicyclic) bond motifs is 1. The van der Waals surface area contributed by atoms with Crippen molar-refractivity contribution in [1.82, 2.24) is 25.1 Å². The predicted octanol–water partition coefficient (Wildman–Crippen LogP) is 2.63. The maximum Gasteiger partial charge on any atom is 0.321 e. The molecule has 0 saturated carbocycles. The Kier molecular flexibility index (Phi) is 4.81. The van der Waals surface area contributed by atoms with Gasteiger partial charge in [-0.3, -0.25) is 5.10 Å². The lowest BCUT2D eigenvalue weighted by Crippen LogP contribution is -2.07. The molecule has 4 N–H and O–H groups in total. The molecule has 4 rings (SSSR count). The lowest BCUT2D eigenvalue weighted by Gasteiger charge is -2.08. The first-order valence-corrected chi connectivity index (χ1v) is 8.62. The van der Waals surface area contributed by atoms with Gasteiger partial charge in [0.15, 0.2) is 5.82 Å². The summed E-state index contributed by atoms with van der Waals surface area (Å²) < 4.78 is 18.6. The van der Waals surface area contributed by atoms with E-state index in [4.69, 9.17) is 10.5 Å². The maximum atomic E-state index is 13.4. The minimum absolute atomic E-state index is 0.151. The number of hydrogen-bond acceptors (Lipinski definition) is 7. The predicted molar refractivity (Wildman–Crippen MR) is 103 cm³/mol. The SMILES string of the molecule is COc1nc(NCc2cccc(F)c2)nc(-c2n[nH]c3c(CN)cccc23)n1. The quantitative estimate of drug-likeness (QED) is 0.472. The molecule has 8 nitrogen and oxygen atoms in total. The van der Waals surface area contributed by atoms with E-state index in [2.05, 4.69) is 30.5 Å². The molecule has 2 heterocycles. The van der Waals surface area contributed by atoms with Gasteiger partial charge < -0.3 is 15.8 Å². The Balaban J connectivity index is 1.69. The Morgan fingerprint density at radius 2 is 2.00 bits per heavy atom. The van der Waals surface area contributed by atoms with Gasteiger partial charge in [-0.15, -0.1) is 0 Å². The fourth-order valence-corrected chi connectivity index (χ4v) is 2.90. The van der Waals surface area contributed by atoms with Gasteiger partial charge in [-0.05, 0) is 23.3 Å². The normalized spacial score (nSPS) is 11.0. The van der Waals surface area contributed by atoms with Crippen LogP contribution >= 0.6 is 0 Å². The topological polar surface area (TPSA) is 115 Å². The highest BCUT2D eigenvalue weighted by Crippen LogP contribution is 2.27. The highest BCUT2D eigenvalue weighted by atomic mass is 19.1. The number of nitrogens with zero attached hydrogens (tertiary/aromatic N) is 4. The highest BCUT2D eigenvalue weighted by Gasteiger charge is 2.16. The fraction of sp³-hybridized carbons (Fsp3) is 0.158. The molecule has 4 aromatic rings. The Labute approximate surface area is 160 Å². The first kappa shape index (κ1) is 17.8. The average Bonchev–Trinajstić information content (AvgIpc) is 3.16. The number of anilines is 1. The van der Waals surface area contributed by atoms with Crippen LogP contribution in [0.4, 0.5) is 10.3 Å². The van der Waals surface area contributed by atoms with Gasteiger partial charge in [0.25, 0.3) is 0 Å². The number of ether oxygens (including phenoxy) is 1. The van der Waals surface area contributed by atoms with Crippen molar-refractivity contribution in [2.45, 2.75) is 13.1 Å². The third-order valence-corrected chi connectivity index (χ3v) is 4.25. The van der Waals surface area contributed by atoms with Crippen molar-refractivity contribution >= 4 is 16.9 Å². The van der Waals surface area contributed by atoms with E-state index in [1.54, 1.807) is 6.07 Å². The molecule has 28 heavy (non-hydrogen) atoms. The van der Waals surface area contributed by atoms with Gasteiger partial charge in [0, 0.05) is 18.5 Å². The summed E-state index contributed by atoms with van der Waals surface area (Å²) in [4.78, 5) is 13.0. The number of halogens is 1. The Morgan fingerprint density at radius 1 is 1.14 bits per heavy atom. The lowest BCUT2D eigenvalue weighted by molar-refractivity contribution is 0.379. The van der Waals surface area contributed by atoms with E-state index >= 15 is 0 Å². The number of para-hydroxylation sites is 1. The van der Waals surface area contributed by atoms with Gasteiger partial charge in [-0.2, -0.15) is 20.1 Å². The number of nitrogens with two attached hydrogens (primary N) is 1. The second-order valence-electron chi connectivity index (χ2n) is 6.07. The van der Waals surface area contributed by atoms with Gasteiger partial charge in [-0.1, -0.05) is 30.3 Å². The largest absolute Gasteiger partial charge is 0.467 e. The van der Waals surface area contributed by atoms with Crippen LogP contribution in [0.3, 0.4) is 0 Å². The zero-order valence-corrected chi connectivity index (χ0v) is 15.1. The number of methoxy groups -OCH3 is 1. The Bertz CT molecular complexity index is 1130. The van der Waals surface area contributed by atoms with Crippen LogP contribution < -0.4 is 15.8 Å². The third kappa shape index (κ3) is 3.47. The number of nitrogens with one attached hydrogen (secondary N) is 2. The first-order valence-electron chi connectivity index (χ1n) is 8.62. The molecule has 0 bridgehead atoms. The van der Waals surface area contributed by atoms with E-state index in [1.807, 2.05) is 24.3 Å². The molecular weight excluding hydrogens is 361 g/mol. The molecule has 0 spiro atoms. The molecule has 0 radical (unpaired) electrons. The molecule has 0 amide bonds. The molecule has 142 valence electrons. The van der Waals surface area contributed by atoms with Crippen molar-refractivity contribution in [3.63, 3.8) is 0 Å². The van der Waals surface area contributed by atoms with Crippen molar-refractivity contribution in [2.75, 3.05) is 12.4 Å². The summed E-state index contributed by atoms with van der Waals surface area (Å²) in [6.45, 7) is 0.739. The number of benzene rings is 2. The highest BCUT2D eigenvalue weighted by molar-refractivity contribution is 5.93. The first-order chi connectivity index (χ1) is 13.7. The molecule has 0 aliphatic carbocycles. The molecule has 0 fully saturated rings. The van der Waals surface area contributed by atoms with E-state index in [1.165, 1.54) is 19.2 Å². The minimum atomic E-state index is -0.299. The zero-order chi connectivity index (χ0) is 19.5. The number of aromatic nitrogens is 5. The monoisotopic (exact) mass is 379 g/mol. The molecule has 9 heteroatoms. The van der Waals surface area contributed by atoms with Crippen molar-refractivity contribution in [2.24, 2.45) is 5.73 Å². The van der Waals surface area contributed by atoms with E-state index in [-0.39, 0.29) is 11.8 Å². The smallest absolute Gasteiger partial charge is 0.321 e. The number of hydrogen-bond donors (Lipinski definition) is 3. The molecule has 0 aliphatic rings. The number of aromatic amines is 1. The molecule has 0 aliphatic heterocycles. The summed E-state index contributed by atoms with van der Waals surface area (Å²) in [7, 11) is 1.48. The second kappa shape index (κ2) is 7.57. The minimum Gasteiger partial charge on any atom is -0.467 e. The van der Waals surface area contributed by atoms with Crippen LogP contribution in [0.15, 0.2) is 42.5 Å². The molecule has 2 aromatic carbocycles. The average molecular weight is 379 g/mol. The van der Waals surface area contributed by atoms with E-state index in [0.717, 1.165) is 22.0 Å². The Hall–Kier alpha value is -3.59. The number of rotatable bonds is 6. The number of H-pyrrole nitrogens is 1. The van der Waals surface area contributed by atoms with Gasteiger partial charge in [0.1, 0.15) is 11.5 Å². The van der Waals surface area contributed by atoms with Gasteiger partial charge in [-0.25, -0.2) is 4.39 Å². The summed E-state index contributed by atoms with van der Waals surface area (Å²) in [5, 5.41) is 11.3. The summed E-state index contributed by atoms with van der Waals surface area (Å²) >= 11 is 0. The molecule has 0 atom stereocenters. The third-order valence-electron chi connectivity index (χ3n) is 4.25. The summed E-state index contributed by atoms with van der Waals surface area (Å²) in [6, 6.07) is 12.2. The standard InChI is InChI=1S/C19H18FN7O/c1-28-19-24-17(16-14-7-3-5-12(9-21)15(14)26-27-16)23-18(25-19)22-10-11-4-2-6-13(20)8-11/h2-8H,9-10,21H2,1H3,(H,26,27)(H,22,23,24,25). The van der Waals surface area contributed by atoms with Crippen molar-refractivity contribution < 1.29 is 9.13 Å². The molecular formula is C19H18FN7O. The molecule has 2 aromatic heterocycles. The molecule has 0 unspecified atom stereocenters. The van der Waals surface area contributed by atoms with E-state index in [0.29, 0.717) is 30.6 Å². The van der Waals surface area contributed by atoms with Crippen LogP contribution in [0.1, 0.15) is 11.1 Å². The maximum absolute atomic E-state index is 13.4. The van der Waals surface area contributed by atoms with Crippen molar-refractivity contribution in [1.29, 1.82) is 0 Å². The van der Waals surface area contributed by atoms with Crippen molar-refractivity contribution in [3.8, 4) is 17.5 Å². The van der Waals surface area contributed by atoms with Gasteiger partial charge in [0.2, 0.25) is 5.95 Å². The van der Waals surface area contributed by atoms with E-state index in [9.17, 15) is 4.39 Å². The second-order valence-corrected chi connectivity index (χ2v) is 6.07. The van der Waals surface area contributed by atoms with Gasteiger partial charge in [0.05, 0.1) is 12.6 Å². The van der Waals surface area contributed by atoms with E-state index < -0.39 is 0 Å². The summed E-state index contributed by atoms with van der Waals surface area (Å²) in [5.41, 5.74) is 8.91. The van der Waals surface area contributed by atoms with Crippen LogP contribution in [0.2, 0.25) is 0 Å². The van der Waals surface area contributed by atoms with Crippen LogP contribution in [0.5, 0.6) is 6.01 Å². The van der Waals surface area contributed by atoms with Crippen LogP contribution in [0, 0.1) is 5.82 Å². The Morgan fingerprint density at radius 3 is 2.79 bits per heavy atom. The van der Waals surface area contributed by atoms with Crippen LogP contribution in [-0.2, 0) is 13.1 Å². The summed E-state index contributed by atoms with van der Waals surface area (Å²) in [6.07, 6.45) is 0. The lowest BCUT2D eigenvalue weighted by atomic mass is 10.1. The van der Waals surface area contributed by atoms with Crippen LogP contribution in [0.25, 0.3) is 22.4 Å². The summed E-state index contributed by atoms with van der Waals surface area (Å²) in [5.74, 6) is 0.359. The zero-order valence-electron chi connectivity index (χ0n) is 15.1. The van der Waals surface area contributed by atoms with Crippen LogP contribution in [-0.4, -0.2) is 32.3 Å².